The Labute approximate surface area is 133 Å². The number of guanidine groups is 1. The first-order valence-corrected chi connectivity index (χ1v) is 7.26. The van der Waals surface area contributed by atoms with Crippen molar-refractivity contribution in [3.8, 4) is 5.75 Å². The minimum absolute atomic E-state index is 0.0354. The third-order valence-corrected chi connectivity index (χ3v) is 2.97. The van der Waals surface area contributed by atoms with Gasteiger partial charge in [-0.3, -0.25) is 4.99 Å². The van der Waals surface area contributed by atoms with E-state index in [4.69, 9.17) is 4.74 Å². The van der Waals surface area contributed by atoms with Crippen LogP contribution in [0.2, 0.25) is 0 Å². The number of halogens is 3. The minimum atomic E-state index is -4.22. The monoisotopic (exact) mass is 333 g/mol. The number of hydrogen-bond donors (Lipinski definition) is 3. The lowest BCUT2D eigenvalue weighted by atomic mass is 10.1. The Bertz CT molecular complexity index is 490. The van der Waals surface area contributed by atoms with Crippen LogP contribution in [0.4, 0.5) is 13.2 Å². The number of alkyl halides is 3. The first-order valence-electron chi connectivity index (χ1n) is 7.26. The van der Waals surface area contributed by atoms with Crippen LogP contribution in [0.1, 0.15) is 25.0 Å². The van der Waals surface area contributed by atoms with Crippen molar-refractivity contribution in [3.63, 3.8) is 0 Å². The van der Waals surface area contributed by atoms with Crippen LogP contribution < -0.4 is 15.4 Å². The molecule has 0 aliphatic rings. The van der Waals surface area contributed by atoms with Crippen LogP contribution in [0.3, 0.4) is 0 Å². The maximum absolute atomic E-state index is 12.1. The molecule has 0 heterocycles. The van der Waals surface area contributed by atoms with Gasteiger partial charge in [0, 0.05) is 13.1 Å². The van der Waals surface area contributed by atoms with Gasteiger partial charge in [-0.05, 0) is 24.6 Å². The number of aliphatic imine (C=N–C) groups is 1. The smallest absolute Gasteiger partial charge is 0.390 e. The number of nitrogens with one attached hydrogen (secondary N) is 2. The van der Waals surface area contributed by atoms with Gasteiger partial charge in [-0.25, -0.2) is 0 Å². The number of nitrogens with zero attached hydrogens (tertiary/aromatic N) is 1. The van der Waals surface area contributed by atoms with E-state index >= 15 is 0 Å². The molecule has 130 valence electrons. The Kier molecular flexibility index (Phi) is 7.67. The molecule has 0 radical (unpaired) electrons. The van der Waals surface area contributed by atoms with E-state index in [0.717, 1.165) is 0 Å². The lowest BCUT2D eigenvalue weighted by Gasteiger charge is -2.14. The Balaban J connectivity index is 2.57. The number of hydrogen-bond acceptors (Lipinski definition) is 3. The zero-order chi connectivity index (χ0) is 17.3. The van der Waals surface area contributed by atoms with Crippen molar-refractivity contribution in [3.05, 3.63) is 29.8 Å². The number of methoxy groups -OCH3 is 1. The average Bonchev–Trinajstić information content (AvgIpc) is 2.51. The fourth-order valence-electron chi connectivity index (χ4n) is 1.77. The summed E-state index contributed by atoms with van der Waals surface area (Å²) >= 11 is 0. The van der Waals surface area contributed by atoms with Crippen molar-refractivity contribution in [2.45, 2.75) is 25.6 Å². The molecule has 23 heavy (non-hydrogen) atoms. The van der Waals surface area contributed by atoms with Crippen LogP contribution in [0, 0.1) is 0 Å². The summed E-state index contributed by atoms with van der Waals surface area (Å²) in [5.41, 5.74) is 0.653. The van der Waals surface area contributed by atoms with Gasteiger partial charge >= 0.3 is 6.18 Å². The number of rotatable bonds is 7. The Morgan fingerprint density at radius 3 is 2.43 bits per heavy atom. The summed E-state index contributed by atoms with van der Waals surface area (Å²) in [4.78, 5) is 4.10. The van der Waals surface area contributed by atoms with Gasteiger partial charge in [0.1, 0.15) is 5.75 Å². The van der Waals surface area contributed by atoms with Crippen LogP contribution in [-0.4, -0.2) is 44.0 Å². The molecule has 0 bridgehead atoms. The molecule has 1 aromatic carbocycles. The summed E-state index contributed by atoms with van der Waals surface area (Å²) in [6.07, 6.45) is -6.01. The van der Waals surface area contributed by atoms with Crippen LogP contribution in [0.25, 0.3) is 0 Å². The number of aliphatic hydroxyl groups excluding tert-OH is 1. The molecule has 8 heteroatoms. The molecule has 1 unspecified atom stereocenters. The Morgan fingerprint density at radius 1 is 1.26 bits per heavy atom. The largest absolute Gasteiger partial charge is 0.497 e. The molecule has 1 aromatic rings. The fourth-order valence-corrected chi connectivity index (χ4v) is 1.77. The topological polar surface area (TPSA) is 65.9 Å². The Morgan fingerprint density at radius 2 is 1.91 bits per heavy atom. The fraction of sp³-hybridized carbons (Fsp3) is 0.533. The van der Waals surface area contributed by atoms with E-state index < -0.39 is 18.7 Å². The van der Waals surface area contributed by atoms with Gasteiger partial charge in [0.25, 0.3) is 0 Å². The molecule has 0 saturated carbocycles. The van der Waals surface area contributed by atoms with Crippen molar-refractivity contribution < 1.29 is 23.0 Å². The summed E-state index contributed by atoms with van der Waals surface area (Å²) in [6.45, 7) is 2.08. The van der Waals surface area contributed by atoms with Gasteiger partial charge in [0.05, 0.1) is 26.2 Å². The predicted molar refractivity (Wildman–Crippen MR) is 82.6 cm³/mol. The van der Waals surface area contributed by atoms with Crippen LogP contribution in [-0.2, 0) is 0 Å². The molecule has 0 aromatic heterocycles. The molecule has 1 atom stereocenters. The summed E-state index contributed by atoms with van der Waals surface area (Å²) in [6, 6.07) is 6.86. The highest BCUT2D eigenvalue weighted by Gasteiger charge is 2.26. The molecule has 5 nitrogen and oxygen atoms in total. The van der Waals surface area contributed by atoms with Crippen molar-refractivity contribution in [1.29, 1.82) is 0 Å². The number of aliphatic hydroxyl groups is 1. The average molecular weight is 333 g/mol. The van der Waals surface area contributed by atoms with Crippen LogP contribution in [0.5, 0.6) is 5.75 Å². The molecule has 0 fully saturated rings. The summed E-state index contributed by atoms with van der Waals surface area (Å²) in [5.74, 6) is 0.913. The van der Waals surface area contributed by atoms with Gasteiger partial charge in [0.2, 0.25) is 0 Å². The predicted octanol–water partition coefficient (Wildman–Crippen LogP) is 2.24. The van der Waals surface area contributed by atoms with E-state index in [2.05, 4.69) is 15.6 Å². The van der Waals surface area contributed by atoms with Crippen molar-refractivity contribution in [1.82, 2.24) is 10.6 Å². The molecule has 0 spiro atoms. The first-order chi connectivity index (χ1) is 10.9. The molecular formula is C15H22F3N3O2. The molecule has 0 aliphatic carbocycles. The molecule has 1 rings (SSSR count). The van der Waals surface area contributed by atoms with Crippen LogP contribution in [0.15, 0.2) is 29.3 Å². The summed E-state index contributed by atoms with van der Waals surface area (Å²) in [7, 11) is 1.55. The third-order valence-electron chi connectivity index (χ3n) is 2.97. The highest BCUT2D eigenvalue weighted by atomic mass is 19.4. The van der Waals surface area contributed by atoms with E-state index in [1.807, 2.05) is 0 Å². The van der Waals surface area contributed by atoms with E-state index in [-0.39, 0.29) is 19.0 Å². The lowest BCUT2D eigenvalue weighted by molar-refractivity contribution is -0.132. The highest BCUT2D eigenvalue weighted by molar-refractivity contribution is 5.79. The van der Waals surface area contributed by atoms with E-state index in [9.17, 15) is 18.3 Å². The van der Waals surface area contributed by atoms with Gasteiger partial charge in [-0.2, -0.15) is 13.2 Å². The summed E-state index contributed by atoms with van der Waals surface area (Å²) in [5, 5.41) is 15.5. The molecule has 3 N–H and O–H groups in total. The SMILES string of the molecule is CCNC(=NCC(O)c1ccc(OC)cc1)NCCC(F)(F)F. The molecule has 0 amide bonds. The minimum Gasteiger partial charge on any atom is -0.497 e. The quantitative estimate of drug-likeness (QED) is 0.529. The third kappa shape index (κ3) is 7.73. The van der Waals surface area contributed by atoms with Crippen molar-refractivity contribution in [2.75, 3.05) is 26.7 Å². The van der Waals surface area contributed by atoms with E-state index in [0.29, 0.717) is 17.9 Å². The second-order valence-corrected chi connectivity index (χ2v) is 4.80. The maximum Gasteiger partial charge on any atom is 0.390 e. The van der Waals surface area contributed by atoms with E-state index in [1.54, 1.807) is 38.3 Å². The zero-order valence-electron chi connectivity index (χ0n) is 13.2. The van der Waals surface area contributed by atoms with Gasteiger partial charge in [-0.15, -0.1) is 0 Å². The standard InChI is InChI=1S/C15H22F3N3O2/c1-3-19-14(20-9-8-15(16,17)18)21-10-13(22)11-4-6-12(23-2)7-5-11/h4-7,13,22H,3,8-10H2,1-2H3,(H2,19,20,21). The number of benzene rings is 1. The van der Waals surface area contributed by atoms with Crippen molar-refractivity contribution in [2.24, 2.45) is 4.99 Å². The second-order valence-electron chi connectivity index (χ2n) is 4.80. The maximum atomic E-state index is 12.1. The zero-order valence-corrected chi connectivity index (χ0v) is 13.2. The first kappa shape index (κ1) is 19.1. The van der Waals surface area contributed by atoms with Crippen molar-refractivity contribution >= 4 is 5.96 Å². The lowest BCUT2D eigenvalue weighted by Crippen LogP contribution is -2.39. The molecule has 0 saturated heterocycles. The number of ether oxygens (including phenoxy) is 1. The van der Waals surface area contributed by atoms with Gasteiger partial charge in [0.15, 0.2) is 5.96 Å². The highest BCUT2D eigenvalue weighted by Crippen LogP contribution is 2.19. The van der Waals surface area contributed by atoms with Gasteiger partial charge < -0.3 is 20.5 Å². The normalized spacial score (nSPS) is 13.6. The Hall–Kier alpha value is -1.96. The molecular weight excluding hydrogens is 311 g/mol. The van der Waals surface area contributed by atoms with Crippen LogP contribution >= 0.6 is 0 Å². The summed E-state index contributed by atoms with van der Waals surface area (Å²) < 4.78 is 41.4. The second kappa shape index (κ2) is 9.24. The van der Waals surface area contributed by atoms with Gasteiger partial charge in [-0.1, -0.05) is 12.1 Å². The van der Waals surface area contributed by atoms with E-state index in [1.165, 1.54) is 0 Å². The molecule has 0 aliphatic heterocycles.